The Morgan fingerprint density at radius 1 is 1.31 bits per heavy atom. The molecule has 0 radical (unpaired) electrons. The van der Waals surface area contributed by atoms with Crippen molar-refractivity contribution in [2.75, 3.05) is 11.1 Å². The average Bonchev–Trinajstić information content (AvgIpc) is 3.17. The Morgan fingerprint density at radius 3 is 2.72 bits per heavy atom. The molecule has 1 aliphatic rings. The van der Waals surface area contributed by atoms with E-state index in [2.05, 4.69) is 16.4 Å². The van der Waals surface area contributed by atoms with Crippen LogP contribution in [0.25, 0.3) is 10.2 Å². The highest BCUT2D eigenvalue weighted by Crippen LogP contribution is 2.43. The molecule has 3 aromatic rings. The lowest BCUT2D eigenvalue weighted by molar-refractivity contribution is -0.136. The summed E-state index contributed by atoms with van der Waals surface area (Å²) in [6.45, 7) is 1.46. The van der Waals surface area contributed by atoms with E-state index >= 15 is 0 Å². The molecule has 0 aliphatic heterocycles. The summed E-state index contributed by atoms with van der Waals surface area (Å²) in [4.78, 5) is 18.0. The molecule has 3 heterocycles. The number of halogens is 3. The summed E-state index contributed by atoms with van der Waals surface area (Å²) in [5.74, 6) is -0.633. The lowest BCUT2D eigenvalue weighted by Crippen LogP contribution is -2.12. The van der Waals surface area contributed by atoms with Gasteiger partial charge in [-0.05, 0) is 44.2 Å². The minimum absolute atomic E-state index is 0.0427. The summed E-state index contributed by atoms with van der Waals surface area (Å²) in [6, 6.07) is 3.07. The Bertz CT molecular complexity index is 1190. The summed E-state index contributed by atoms with van der Waals surface area (Å²) in [5.41, 5.74) is 6.39. The predicted octanol–water partition coefficient (Wildman–Crippen LogP) is 5.27. The topological polar surface area (TPSA) is 91.8 Å². The van der Waals surface area contributed by atoms with Gasteiger partial charge in [0.1, 0.15) is 20.8 Å². The van der Waals surface area contributed by atoms with Crippen LogP contribution in [-0.2, 0) is 19.0 Å². The molecule has 0 bridgehead atoms. The number of thiophene rings is 2. The van der Waals surface area contributed by atoms with Crippen LogP contribution in [0.15, 0.2) is 6.07 Å². The van der Waals surface area contributed by atoms with Crippen LogP contribution >= 0.6 is 22.7 Å². The SMILES string of the molecule is Cc1cc(C(F)(F)F)c2c(N)c(C(=O)Nc3sc4c(c3C#N)CCCC4)sc2n1. The number of nitriles is 1. The minimum atomic E-state index is -4.62. The number of aryl methyl sites for hydroxylation is 2. The molecule has 3 N–H and O–H groups in total. The van der Waals surface area contributed by atoms with E-state index in [9.17, 15) is 23.2 Å². The number of anilines is 2. The van der Waals surface area contributed by atoms with E-state index in [1.54, 1.807) is 0 Å². The summed E-state index contributed by atoms with van der Waals surface area (Å²) in [6.07, 6.45) is -0.961. The zero-order valence-corrected chi connectivity index (χ0v) is 16.9. The highest BCUT2D eigenvalue weighted by atomic mass is 32.1. The molecule has 0 unspecified atom stereocenters. The van der Waals surface area contributed by atoms with Crippen molar-refractivity contribution in [3.63, 3.8) is 0 Å². The first-order valence-electron chi connectivity index (χ1n) is 8.83. The van der Waals surface area contributed by atoms with Crippen molar-refractivity contribution in [3.05, 3.63) is 38.2 Å². The highest BCUT2D eigenvalue weighted by molar-refractivity contribution is 7.21. The number of nitrogens with two attached hydrogens (primary N) is 1. The zero-order chi connectivity index (χ0) is 20.9. The second-order valence-corrected chi connectivity index (χ2v) is 8.92. The van der Waals surface area contributed by atoms with E-state index in [1.165, 1.54) is 18.3 Å². The van der Waals surface area contributed by atoms with Crippen LogP contribution in [-0.4, -0.2) is 10.9 Å². The molecule has 0 atom stereocenters. The number of hydrogen-bond donors (Lipinski definition) is 2. The second kappa shape index (κ2) is 7.00. The van der Waals surface area contributed by atoms with Gasteiger partial charge in [0, 0.05) is 16.0 Å². The van der Waals surface area contributed by atoms with Crippen molar-refractivity contribution in [1.82, 2.24) is 4.98 Å². The van der Waals surface area contributed by atoms with Gasteiger partial charge in [-0.3, -0.25) is 4.79 Å². The Balaban J connectivity index is 1.77. The fourth-order valence-corrected chi connectivity index (χ4v) is 5.86. The number of nitrogens with zero attached hydrogens (tertiary/aromatic N) is 2. The van der Waals surface area contributed by atoms with Crippen LogP contribution in [0.4, 0.5) is 23.9 Å². The van der Waals surface area contributed by atoms with Gasteiger partial charge >= 0.3 is 6.18 Å². The lowest BCUT2D eigenvalue weighted by Gasteiger charge is -2.09. The van der Waals surface area contributed by atoms with Gasteiger partial charge in [-0.2, -0.15) is 18.4 Å². The number of carbonyl (C=O) groups is 1. The number of nitrogen functional groups attached to an aromatic ring is 1. The summed E-state index contributed by atoms with van der Waals surface area (Å²) < 4.78 is 40.4. The van der Waals surface area contributed by atoms with E-state index in [1.807, 2.05) is 0 Å². The van der Waals surface area contributed by atoms with Crippen molar-refractivity contribution < 1.29 is 18.0 Å². The number of carbonyl (C=O) groups excluding carboxylic acids is 1. The van der Waals surface area contributed by atoms with E-state index in [0.717, 1.165) is 53.5 Å². The Hall–Kier alpha value is -2.64. The number of nitrogens with one attached hydrogen (secondary N) is 1. The summed E-state index contributed by atoms with van der Waals surface area (Å²) in [7, 11) is 0. The molecule has 0 aromatic carbocycles. The van der Waals surface area contributed by atoms with Gasteiger partial charge < -0.3 is 11.1 Å². The molecule has 10 heteroatoms. The molecule has 29 heavy (non-hydrogen) atoms. The van der Waals surface area contributed by atoms with Crippen molar-refractivity contribution in [2.24, 2.45) is 0 Å². The van der Waals surface area contributed by atoms with Crippen LogP contribution in [0.5, 0.6) is 0 Å². The number of rotatable bonds is 2. The van der Waals surface area contributed by atoms with E-state index in [-0.39, 0.29) is 26.5 Å². The van der Waals surface area contributed by atoms with Crippen molar-refractivity contribution in [2.45, 2.75) is 38.8 Å². The third-order valence-corrected chi connectivity index (χ3v) is 7.15. The smallest absolute Gasteiger partial charge is 0.397 e. The molecule has 4 rings (SSSR count). The number of amides is 1. The van der Waals surface area contributed by atoms with Crippen LogP contribution in [0.3, 0.4) is 0 Å². The molecule has 150 valence electrons. The molecular weight excluding hydrogens is 421 g/mol. The van der Waals surface area contributed by atoms with Gasteiger partial charge in [0.2, 0.25) is 0 Å². The molecule has 1 aliphatic carbocycles. The molecule has 5 nitrogen and oxygen atoms in total. The highest BCUT2D eigenvalue weighted by Gasteiger charge is 2.36. The van der Waals surface area contributed by atoms with Gasteiger partial charge in [0.05, 0.1) is 16.8 Å². The standard InChI is InChI=1S/C19H15F3N4OS2/c1-8-6-11(19(20,21)22)13-14(24)15(29-18(13)25-8)16(27)26-17-10(7-23)9-4-2-3-5-12(9)28-17/h6H,2-5,24H2,1H3,(H,26,27). The Morgan fingerprint density at radius 2 is 2.03 bits per heavy atom. The third kappa shape index (κ3) is 3.34. The fourth-order valence-electron chi connectivity index (χ4n) is 3.57. The van der Waals surface area contributed by atoms with Gasteiger partial charge in [0.15, 0.2) is 0 Å². The first kappa shape index (κ1) is 19.7. The first-order chi connectivity index (χ1) is 13.7. The van der Waals surface area contributed by atoms with Gasteiger partial charge in [-0.15, -0.1) is 22.7 Å². The summed E-state index contributed by atoms with van der Waals surface area (Å²) in [5, 5.41) is 12.4. The molecular formula is C19H15F3N4OS2. The van der Waals surface area contributed by atoms with Crippen molar-refractivity contribution in [3.8, 4) is 6.07 Å². The maximum Gasteiger partial charge on any atom is 0.417 e. The monoisotopic (exact) mass is 436 g/mol. The largest absolute Gasteiger partial charge is 0.417 e. The van der Waals surface area contributed by atoms with Gasteiger partial charge in [0.25, 0.3) is 5.91 Å². The van der Waals surface area contributed by atoms with Gasteiger partial charge in [-0.1, -0.05) is 0 Å². The number of alkyl halides is 3. The summed E-state index contributed by atoms with van der Waals surface area (Å²) >= 11 is 2.16. The normalized spacial score (nSPS) is 13.9. The lowest BCUT2D eigenvalue weighted by atomic mass is 9.96. The maximum atomic E-state index is 13.5. The van der Waals surface area contributed by atoms with Crippen LogP contribution in [0.2, 0.25) is 0 Å². The fraction of sp³-hybridized carbons (Fsp3) is 0.316. The van der Waals surface area contributed by atoms with Crippen LogP contribution < -0.4 is 11.1 Å². The van der Waals surface area contributed by atoms with Crippen LogP contribution in [0, 0.1) is 18.3 Å². The number of fused-ring (bicyclic) bond motifs is 2. The van der Waals surface area contributed by atoms with Crippen molar-refractivity contribution in [1.29, 1.82) is 5.26 Å². The number of aromatic nitrogens is 1. The van der Waals surface area contributed by atoms with Gasteiger partial charge in [-0.25, -0.2) is 4.98 Å². The molecule has 3 aromatic heterocycles. The molecule has 0 saturated heterocycles. The van der Waals surface area contributed by atoms with Crippen molar-refractivity contribution >= 4 is 49.5 Å². The van der Waals surface area contributed by atoms with E-state index in [0.29, 0.717) is 10.6 Å². The maximum absolute atomic E-state index is 13.5. The molecule has 0 fully saturated rings. The quantitative estimate of drug-likeness (QED) is 0.572. The zero-order valence-electron chi connectivity index (χ0n) is 15.2. The Kier molecular flexibility index (Phi) is 4.75. The predicted molar refractivity (Wildman–Crippen MR) is 107 cm³/mol. The molecule has 0 saturated carbocycles. The Labute approximate surface area is 172 Å². The number of pyridine rings is 1. The van der Waals surface area contributed by atoms with E-state index in [4.69, 9.17) is 5.73 Å². The first-order valence-corrected chi connectivity index (χ1v) is 10.5. The van der Waals surface area contributed by atoms with E-state index < -0.39 is 17.6 Å². The van der Waals surface area contributed by atoms with Crippen LogP contribution in [0.1, 0.15) is 49.8 Å². The number of hydrogen-bond acceptors (Lipinski definition) is 6. The second-order valence-electron chi connectivity index (χ2n) is 6.81. The molecule has 1 amide bonds. The molecule has 0 spiro atoms. The average molecular weight is 436 g/mol. The minimum Gasteiger partial charge on any atom is -0.397 e. The third-order valence-electron chi connectivity index (χ3n) is 4.85.